The maximum atomic E-state index is 12.1. The van der Waals surface area contributed by atoms with Gasteiger partial charge in [0.2, 0.25) is 0 Å². The van der Waals surface area contributed by atoms with Crippen LogP contribution in [0.25, 0.3) is 0 Å². The van der Waals surface area contributed by atoms with Crippen LogP contribution in [0.2, 0.25) is 5.02 Å². The lowest BCUT2D eigenvalue weighted by Gasteiger charge is -2.12. The molecule has 3 rings (SSSR count). The van der Waals surface area contributed by atoms with E-state index in [2.05, 4.69) is 58.6 Å². The molecule has 0 aliphatic rings. The number of nitrogens with one attached hydrogen (secondary N) is 2. The van der Waals surface area contributed by atoms with Gasteiger partial charge in [0.05, 0.1) is 4.47 Å². The molecule has 0 saturated carbocycles. The lowest BCUT2D eigenvalue weighted by molar-refractivity contribution is -0.118. The number of benzene rings is 3. The lowest BCUT2D eigenvalue weighted by Crippen LogP contribution is -2.20. The Morgan fingerprint density at radius 2 is 1.69 bits per heavy atom. The van der Waals surface area contributed by atoms with E-state index >= 15 is 0 Å². The second-order valence-corrected chi connectivity index (χ2v) is 8.05. The predicted molar refractivity (Wildman–Crippen MR) is 123 cm³/mol. The first kappa shape index (κ1) is 21.2. The Kier molecular flexibility index (Phi) is 7.18. The van der Waals surface area contributed by atoms with Crippen molar-refractivity contribution in [3.8, 4) is 5.75 Å². The molecule has 0 aromatic heterocycles. The minimum Gasteiger partial charge on any atom is -0.483 e. The van der Waals surface area contributed by atoms with Gasteiger partial charge in [-0.3, -0.25) is 4.79 Å². The van der Waals surface area contributed by atoms with Crippen LogP contribution in [0.15, 0.2) is 65.1 Å². The number of amides is 1. The first-order valence-corrected chi connectivity index (χ1v) is 10.4. The summed E-state index contributed by atoms with van der Waals surface area (Å²) in [7, 11) is 0. The number of aryl methyl sites for hydroxylation is 2. The fourth-order valence-electron chi connectivity index (χ4n) is 2.70. The largest absolute Gasteiger partial charge is 0.483 e. The summed E-state index contributed by atoms with van der Waals surface area (Å²) in [6, 6.07) is 19.1. The molecule has 150 valence electrons. The first-order chi connectivity index (χ1) is 13.9. The number of hydrogen-bond acceptors (Lipinski definition) is 3. The minimum absolute atomic E-state index is 0.0819. The summed E-state index contributed by atoms with van der Waals surface area (Å²) in [4.78, 5) is 12.1. The molecule has 3 aromatic rings. The number of halogens is 2. The fraction of sp³-hybridized carbons (Fsp3) is 0.174. The molecule has 0 unspecified atom stereocenters. The smallest absolute Gasteiger partial charge is 0.262 e. The van der Waals surface area contributed by atoms with Crippen LogP contribution in [0.4, 0.5) is 11.4 Å². The van der Waals surface area contributed by atoms with E-state index in [0.29, 0.717) is 23.0 Å². The van der Waals surface area contributed by atoms with Gasteiger partial charge in [-0.25, -0.2) is 0 Å². The molecule has 29 heavy (non-hydrogen) atoms. The summed E-state index contributed by atoms with van der Waals surface area (Å²) in [5.41, 5.74) is 5.41. The molecule has 0 aliphatic carbocycles. The third-order valence-corrected chi connectivity index (χ3v) is 5.36. The van der Waals surface area contributed by atoms with E-state index in [1.807, 2.05) is 18.2 Å². The quantitative estimate of drug-likeness (QED) is 0.420. The van der Waals surface area contributed by atoms with Gasteiger partial charge in [-0.2, -0.15) is 0 Å². The molecular formula is C23H22BrClN2O2. The van der Waals surface area contributed by atoms with Gasteiger partial charge in [0.25, 0.3) is 5.91 Å². The zero-order valence-corrected chi connectivity index (χ0v) is 18.6. The van der Waals surface area contributed by atoms with Crippen LogP contribution in [0.1, 0.15) is 16.7 Å². The molecule has 2 N–H and O–H groups in total. The monoisotopic (exact) mass is 472 g/mol. The van der Waals surface area contributed by atoms with Gasteiger partial charge in [-0.15, -0.1) is 0 Å². The molecule has 0 fully saturated rings. The van der Waals surface area contributed by atoms with Crippen LogP contribution in [0.3, 0.4) is 0 Å². The summed E-state index contributed by atoms with van der Waals surface area (Å²) in [6.45, 7) is 4.82. The Balaban J connectivity index is 1.52. The van der Waals surface area contributed by atoms with E-state index in [9.17, 15) is 4.79 Å². The fourth-order valence-corrected chi connectivity index (χ4v) is 3.37. The first-order valence-electron chi connectivity index (χ1n) is 9.18. The number of rotatable bonds is 7. The van der Waals surface area contributed by atoms with E-state index in [1.165, 1.54) is 11.1 Å². The molecule has 1 amide bonds. The molecular weight excluding hydrogens is 452 g/mol. The van der Waals surface area contributed by atoms with E-state index in [4.69, 9.17) is 16.3 Å². The molecule has 0 aliphatic heterocycles. The highest BCUT2D eigenvalue weighted by Gasteiger charge is 2.08. The van der Waals surface area contributed by atoms with Crippen molar-refractivity contribution < 1.29 is 9.53 Å². The van der Waals surface area contributed by atoms with Gasteiger partial charge < -0.3 is 15.4 Å². The maximum Gasteiger partial charge on any atom is 0.262 e. The van der Waals surface area contributed by atoms with E-state index in [1.54, 1.807) is 24.3 Å². The third-order valence-electron chi connectivity index (χ3n) is 4.49. The Hall–Kier alpha value is -2.50. The number of carbonyl (C=O) groups is 1. The van der Waals surface area contributed by atoms with Crippen LogP contribution in [0, 0.1) is 13.8 Å². The van der Waals surface area contributed by atoms with Gasteiger partial charge in [-0.1, -0.05) is 23.7 Å². The number of ether oxygens (including phenoxy) is 1. The van der Waals surface area contributed by atoms with Crippen LogP contribution < -0.4 is 15.4 Å². The van der Waals surface area contributed by atoms with Gasteiger partial charge in [-0.05, 0) is 95.0 Å². The molecule has 4 nitrogen and oxygen atoms in total. The highest BCUT2D eigenvalue weighted by Crippen LogP contribution is 2.26. The third kappa shape index (κ3) is 6.24. The second kappa shape index (κ2) is 9.81. The summed E-state index contributed by atoms with van der Waals surface area (Å²) in [5.74, 6) is 0.380. The van der Waals surface area contributed by atoms with Crippen LogP contribution in [0.5, 0.6) is 5.75 Å². The normalized spacial score (nSPS) is 10.5. The zero-order chi connectivity index (χ0) is 20.8. The SMILES string of the molecule is Cc1ccc(NCc2ccc(OCC(=O)Nc3ccc(Cl)cc3)c(Br)c2)cc1C. The average molecular weight is 474 g/mol. The Bertz CT molecular complexity index is 1010. The van der Waals surface area contributed by atoms with Crippen molar-refractivity contribution in [2.24, 2.45) is 0 Å². The molecule has 0 bridgehead atoms. The van der Waals surface area contributed by atoms with Gasteiger partial charge in [0.1, 0.15) is 5.75 Å². The Morgan fingerprint density at radius 3 is 2.38 bits per heavy atom. The molecule has 0 saturated heterocycles. The van der Waals surface area contributed by atoms with Crippen molar-refractivity contribution >= 4 is 44.8 Å². The van der Waals surface area contributed by atoms with Gasteiger partial charge in [0, 0.05) is 22.9 Å². The highest BCUT2D eigenvalue weighted by molar-refractivity contribution is 9.10. The van der Waals surface area contributed by atoms with Crippen molar-refractivity contribution in [2.45, 2.75) is 20.4 Å². The maximum absolute atomic E-state index is 12.1. The van der Waals surface area contributed by atoms with E-state index in [0.717, 1.165) is 15.7 Å². The highest BCUT2D eigenvalue weighted by atomic mass is 79.9. The zero-order valence-electron chi connectivity index (χ0n) is 16.3. The summed E-state index contributed by atoms with van der Waals surface area (Å²) >= 11 is 9.36. The standard InChI is InChI=1S/C23H22BrClN2O2/c1-15-3-7-20(11-16(15)2)26-13-17-4-10-22(21(24)12-17)29-14-23(28)27-19-8-5-18(25)6-9-19/h3-12,26H,13-14H2,1-2H3,(H,27,28). The van der Waals surface area contributed by atoms with Gasteiger partial charge in [0.15, 0.2) is 6.61 Å². The topological polar surface area (TPSA) is 50.4 Å². The Labute approximate surface area is 184 Å². The average Bonchev–Trinajstić information content (AvgIpc) is 2.70. The number of carbonyl (C=O) groups excluding carboxylic acids is 1. The molecule has 3 aromatic carbocycles. The van der Waals surface area contributed by atoms with Crippen LogP contribution >= 0.6 is 27.5 Å². The van der Waals surface area contributed by atoms with E-state index in [-0.39, 0.29) is 12.5 Å². The Morgan fingerprint density at radius 1 is 0.966 bits per heavy atom. The summed E-state index contributed by atoms with van der Waals surface area (Å²) in [5, 5.41) is 6.81. The van der Waals surface area contributed by atoms with Crippen molar-refractivity contribution in [1.82, 2.24) is 0 Å². The van der Waals surface area contributed by atoms with Crippen molar-refractivity contribution in [3.63, 3.8) is 0 Å². The van der Waals surface area contributed by atoms with Crippen molar-refractivity contribution in [2.75, 3.05) is 17.2 Å². The van der Waals surface area contributed by atoms with Gasteiger partial charge >= 0.3 is 0 Å². The van der Waals surface area contributed by atoms with Crippen LogP contribution in [-0.2, 0) is 11.3 Å². The molecule has 0 atom stereocenters. The van der Waals surface area contributed by atoms with E-state index < -0.39 is 0 Å². The second-order valence-electron chi connectivity index (χ2n) is 6.76. The molecule has 0 heterocycles. The van der Waals surface area contributed by atoms with Crippen molar-refractivity contribution in [1.29, 1.82) is 0 Å². The molecule has 0 spiro atoms. The number of anilines is 2. The van der Waals surface area contributed by atoms with Crippen molar-refractivity contribution in [3.05, 3.63) is 86.8 Å². The van der Waals surface area contributed by atoms with Crippen LogP contribution in [-0.4, -0.2) is 12.5 Å². The molecule has 0 radical (unpaired) electrons. The predicted octanol–water partition coefficient (Wildman–Crippen LogP) is 6.35. The summed E-state index contributed by atoms with van der Waals surface area (Å²) < 4.78 is 6.44. The number of hydrogen-bond donors (Lipinski definition) is 2. The lowest BCUT2D eigenvalue weighted by atomic mass is 10.1. The summed E-state index contributed by atoms with van der Waals surface area (Å²) in [6.07, 6.45) is 0. The molecule has 6 heteroatoms. The minimum atomic E-state index is -0.236.